The Morgan fingerprint density at radius 2 is 1.92 bits per heavy atom. The first-order chi connectivity index (χ1) is 11.4. The summed E-state index contributed by atoms with van der Waals surface area (Å²) in [7, 11) is -3.94. The van der Waals surface area contributed by atoms with E-state index in [1.54, 1.807) is 11.6 Å². The third-order valence-electron chi connectivity index (χ3n) is 4.49. The van der Waals surface area contributed by atoms with E-state index in [1.807, 2.05) is 0 Å². The SMILES string of the molecule is C[C@@H]1c2nc(C3CC3)nn2CCN1S(=O)(=O)c1ccc(F)c(F)c1. The van der Waals surface area contributed by atoms with E-state index < -0.39 is 27.7 Å². The molecule has 0 unspecified atom stereocenters. The molecule has 1 aromatic heterocycles. The quantitative estimate of drug-likeness (QED) is 0.847. The predicted molar refractivity (Wildman–Crippen MR) is 80.7 cm³/mol. The fraction of sp³-hybridized carbons (Fsp3) is 0.467. The van der Waals surface area contributed by atoms with Crippen LogP contribution in [-0.4, -0.2) is 34.0 Å². The number of hydrogen-bond acceptors (Lipinski definition) is 4. The maximum absolute atomic E-state index is 13.4. The van der Waals surface area contributed by atoms with Crippen LogP contribution in [0.3, 0.4) is 0 Å². The molecular weight excluding hydrogens is 338 g/mol. The van der Waals surface area contributed by atoms with Crippen LogP contribution < -0.4 is 0 Å². The molecule has 1 fully saturated rings. The van der Waals surface area contributed by atoms with Gasteiger partial charge in [-0.2, -0.15) is 9.40 Å². The molecule has 0 N–H and O–H groups in total. The summed E-state index contributed by atoms with van der Waals surface area (Å²) in [6.07, 6.45) is 2.13. The van der Waals surface area contributed by atoms with Crippen LogP contribution >= 0.6 is 0 Å². The molecular formula is C15H16F2N4O2S. The van der Waals surface area contributed by atoms with E-state index in [0.717, 1.165) is 30.8 Å². The van der Waals surface area contributed by atoms with E-state index in [0.29, 0.717) is 24.4 Å². The highest BCUT2D eigenvalue weighted by atomic mass is 32.2. The smallest absolute Gasteiger partial charge is 0.243 e. The van der Waals surface area contributed by atoms with Crippen LogP contribution in [0.2, 0.25) is 0 Å². The first kappa shape index (κ1) is 15.6. The molecule has 0 radical (unpaired) electrons. The Morgan fingerprint density at radius 3 is 2.58 bits per heavy atom. The topological polar surface area (TPSA) is 68.1 Å². The number of fused-ring (bicyclic) bond motifs is 1. The molecule has 0 bridgehead atoms. The molecule has 0 saturated heterocycles. The van der Waals surface area contributed by atoms with E-state index in [9.17, 15) is 17.2 Å². The molecule has 2 aliphatic rings. The van der Waals surface area contributed by atoms with Gasteiger partial charge in [-0.25, -0.2) is 26.9 Å². The number of sulfonamides is 1. The van der Waals surface area contributed by atoms with Crippen molar-refractivity contribution < 1.29 is 17.2 Å². The van der Waals surface area contributed by atoms with Crippen LogP contribution in [0.1, 0.15) is 43.4 Å². The molecule has 0 spiro atoms. The highest BCUT2D eigenvalue weighted by Crippen LogP contribution is 2.39. The average Bonchev–Trinajstić information content (AvgIpc) is 3.29. The minimum absolute atomic E-state index is 0.211. The molecule has 2 heterocycles. The van der Waals surface area contributed by atoms with E-state index in [2.05, 4.69) is 10.1 Å². The summed E-state index contributed by atoms with van der Waals surface area (Å²) in [6.45, 7) is 2.33. The van der Waals surface area contributed by atoms with Crippen molar-refractivity contribution in [1.82, 2.24) is 19.1 Å². The summed E-state index contributed by atoms with van der Waals surface area (Å²) in [5, 5.41) is 4.45. The van der Waals surface area contributed by atoms with Crippen molar-refractivity contribution in [3.63, 3.8) is 0 Å². The highest BCUT2D eigenvalue weighted by molar-refractivity contribution is 7.89. The Morgan fingerprint density at radius 1 is 1.17 bits per heavy atom. The molecule has 24 heavy (non-hydrogen) atoms. The molecule has 1 aromatic carbocycles. The fourth-order valence-corrected chi connectivity index (χ4v) is 4.57. The highest BCUT2D eigenvalue weighted by Gasteiger charge is 2.38. The van der Waals surface area contributed by atoms with Gasteiger partial charge in [-0.1, -0.05) is 0 Å². The van der Waals surface area contributed by atoms with Gasteiger partial charge in [0, 0.05) is 12.5 Å². The number of halogens is 2. The van der Waals surface area contributed by atoms with Crippen LogP contribution in [0, 0.1) is 11.6 Å². The number of aromatic nitrogens is 3. The second-order valence-corrected chi connectivity index (χ2v) is 8.08. The lowest BCUT2D eigenvalue weighted by Crippen LogP contribution is -2.41. The monoisotopic (exact) mass is 354 g/mol. The molecule has 6 nitrogen and oxygen atoms in total. The Hall–Kier alpha value is -1.87. The van der Waals surface area contributed by atoms with Gasteiger partial charge in [0.05, 0.1) is 17.5 Å². The van der Waals surface area contributed by atoms with Gasteiger partial charge >= 0.3 is 0 Å². The van der Waals surface area contributed by atoms with Gasteiger partial charge in [-0.15, -0.1) is 0 Å². The molecule has 1 aliphatic heterocycles. The third kappa shape index (κ3) is 2.42. The number of benzene rings is 1. The Balaban J connectivity index is 1.69. The summed E-state index contributed by atoms with van der Waals surface area (Å²) in [6, 6.07) is 2.10. The van der Waals surface area contributed by atoms with E-state index in [-0.39, 0.29) is 11.4 Å². The summed E-state index contributed by atoms with van der Waals surface area (Å²) in [4.78, 5) is 4.23. The van der Waals surface area contributed by atoms with Gasteiger partial charge in [0.15, 0.2) is 17.5 Å². The summed E-state index contributed by atoms with van der Waals surface area (Å²) in [5.41, 5.74) is 0. The van der Waals surface area contributed by atoms with Crippen LogP contribution in [0.15, 0.2) is 23.1 Å². The lowest BCUT2D eigenvalue weighted by Gasteiger charge is -2.31. The number of hydrogen-bond donors (Lipinski definition) is 0. The molecule has 1 atom stereocenters. The standard InChI is InChI=1S/C15H16F2N4O2S/c1-9-15-18-14(10-2-3-10)19-20(15)6-7-21(9)24(22,23)11-4-5-12(16)13(17)8-11/h4-5,8-10H,2-3,6-7H2,1H3/t9-/m1/s1. The first-order valence-corrected chi connectivity index (χ1v) is 9.23. The first-order valence-electron chi connectivity index (χ1n) is 7.79. The molecule has 1 aliphatic carbocycles. The average molecular weight is 354 g/mol. The minimum atomic E-state index is -3.94. The van der Waals surface area contributed by atoms with Crippen molar-refractivity contribution in [3.8, 4) is 0 Å². The zero-order valence-corrected chi connectivity index (χ0v) is 13.8. The Labute approximate surface area is 138 Å². The second-order valence-electron chi connectivity index (χ2n) is 6.19. The van der Waals surface area contributed by atoms with Crippen molar-refractivity contribution in [2.24, 2.45) is 0 Å². The van der Waals surface area contributed by atoms with Crippen molar-refractivity contribution in [3.05, 3.63) is 41.5 Å². The lowest BCUT2D eigenvalue weighted by molar-refractivity contribution is 0.265. The summed E-state index contributed by atoms with van der Waals surface area (Å²) >= 11 is 0. The zero-order chi connectivity index (χ0) is 17.1. The molecule has 128 valence electrons. The van der Waals surface area contributed by atoms with E-state index in [1.165, 1.54) is 4.31 Å². The molecule has 4 rings (SSSR count). The Bertz CT molecular complexity index is 908. The van der Waals surface area contributed by atoms with Crippen LogP contribution in [-0.2, 0) is 16.6 Å². The lowest BCUT2D eigenvalue weighted by atomic mass is 10.2. The number of nitrogens with zero attached hydrogens (tertiary/aromatic N) is 4. The van der Waals surface area contributed by atoms with Crippen molar-refractivity contribution >= 4 is 10.0 Å². The van der Waals surface area contributed by atoms with Crippen molar-refractivity contribution in [2.45, 2.75) is 43.2 Å². The normalized spacial score (nSPS) is 21.7. The van der Waals surface area contributed by atoms with Crippen LogP contribution in [0.5, 0.6) is 0 Å². The Kier molecular flexibility index (Phi) is 3.47. The van der Waals surface area contributed by atoms with Gasteiger partial charge in [-0.05, 0) is 38.0 Å². The third-order valence-corrected chi connectivity index (χ3v) is 6.46. The van der Waals surface area contributed by atoms with Gasteiger partial charge in [0.25, 0.3) is 0 Å². The maximum atomic E-state index is 13.4. The predicted octanol–water partition coefficient (Wildman–Crippen LogP) is 2.20. The molecule has 2 aromatic rings. The minimum Gasteiger partial charge on any atom is -0.247 e. The maximum Gasteiger partial charge on any atom is 0.243 e. The fourth-order valence-electron chi connectivity index (χ4n) is 2.98. The largest absolute Gasteiger partial charge is 0.247 e. The number of rotatable bonds is 3. The van der Waals surface area contributed by atoms with Crippen molar-refractivity contribution in [2.75, 3.05) is 6.54 Å². The van der Waals surface area contributed by atoms with Crippen molar-refractivity contribution in [1.29, 1.82) is 0 Å². The molecule has 0 amide bonds. The summed E-state index contributed by atoms with van der Waals surface area (Å²) < 4.78 is 55.1. The van der Waals surface area contributed by atoms with Crippen LogP contribution in [0.4, 0.5) is 8.78 Å². The van der Waals surface area contributed by atoms with Gasteiger partial charge in [0.2, 0.25) is 10.0 Å². The zero-order valence-electron chi connectivity index (χ0n) is 13.0. The summed E-state index contributed by atoms with van der Waals surface area (Å²) in [5.74, 6) is -0.515. The second kappa shape index (κ2) is 5.32. The van der Waals surface area contributed by atoms with Crippen LogP contribution in [0.25, 0.3) is 0 Å². The van der Waals surface area contributed by atoms with E-state index in [4.69, 9.17) is 0 Å². The van der Waals surface area contributed by atoms with Gasteiger partial charge in [-0.3, -0.25) is 0 Å². The van der Waals surface area contributed by atoms with Gasteiger partial charge < -0.3 is 0 Å². The molecule has 9 heteroatoms. The molecule has 1 saturated carbocycles. The van der Waals surface area contributed by atoms with E-state index >= 15 is 0 Å². The van der Waals surface area contributed by atoms with Gasteiger partial charge in [0.1, 0.15) is 5.82 Å².